The summed E-state index contributed by atoms with van der Waals surface area (Å²) in [4.78, 5) is 50.9. The number of nitrogens with two attached hydrogens (primary N) is 1. The molecule has 1 saturated carbocycles. The number of esters is 2. The molecule has 14 heteroatoms. The van der Waals surface area contributed by atoms with Crippen molar-refractivity contribution in [2.24, 2.45) is 17.8 Å². The van der Waals surface area contributed by atoms with Gasteiger partial charge in [0.15, 0.2) is 6.10 Å². The molecule has 1 amide bonds. The molecule has 12 nitrogen and oxygen atoms in total. The van der Waals surface area contributed by atoms with Crippen LogP contribution in [0.3, 0.4) is 0 Å². The number of amides is 1. The third-order valence-electron chi connectivity index (χ3n) is 9.54. The second-order valence-electron chi connectivity index (χ2n) is 15.0. The highest BCUT2D eigenvalue weighted by molar-refractivity contribution is 5.86. The van der Waals surface area contributed by atoms with Gasteiger partial charge in [-0.25, -0.2) is 23.5 Å². The first-order valence-corrected chi connectivity index (χ1v) is 16.5. The van der Waals surface area contributed by atoms with Crippen molar-refractivity contribution in [2.75, 3.05) is 31.9 Å². The summed E-state index contributed by atoms with van der Waals surface area (Å²) < 4.78 is 50.2. The second-order valence-corrected chi connectivity index (χ2v) is 15.0. The molecule has 2 aromatic heterocycles. The van der Waals surface area contributed by atoms with Crippen molar-refractivity contribution < 1.29 is 37.4 Å². The second kappa shape index (κ2) is 12.8. The SMILES string of the molecule is CC(C)C(=O)O[C@@H]1[C@@H](CN2CC(F)(F)CC23CCN(C(=O)OC(C)(C)C)CC3)C[C@@H](n2ccc3c(N)ncnc32)[C@@H]1OC(=O)C(C)C. The van der Waals surface area contributed by atoms with E-state index in [4.69, 9.17) is 19.9 Å². The van der Waals surface area contributed by atoms with Crippen LogP contribution in [0.1, 0.15) is 80.2 Å². The molecule has 47 heavy (non-hydrogen) atoms. The summed E-state index contributed by atoms with van der Waals surface area (Å²) in [6.45, 7) is 12.5. The Bertz CT molecular complexity index is 1480. The van der Waals surface area contributed by atoms with E-state index in [0.717, 1.165) is 0 Å². The summed E-state index contributed by atoms with van der Waals surface area (Å²) in [7, 11) is 0. The summed E-state index contributed by atoms with van der Waals surface area (Å²) in [5.74, 6) is -4.95. The van der Waals surface area contributed by atoms with Gasteiger partial charge in [-0.2, -0.15) is 0 Å². The fraction of sp³-hybridized carbons (Fsp3) is 0.727. The van der Waals surface area contributed by atoms with Gasteiger partial charge in [0.1, 0.15) is 29.5 Å². The van der Waals surface area contributed by atoms with Crippen LogP contribution in [0.5, 0.6) is 0 Å². The number of piperidine rings is 1. The van der Waals surface area contributed by atoms with Crippen LogP contribution in [-0.4, -0.2) is 97.8 Å². The van der Waals surface area contributed by atoms with E-state index in [1.54, 1.807) is 65.6 Å². The van der Waals surface area contributed by atoms with E-state index >= 15 is 8.78 Å². The van der Waals surface area contributed by atoms with Gasteiger partial charge in [-0.3, -0.25) is 14.5 Å². The number of nitrogens with zero attached hydrogens (tertiary/aromatic N) is 5. The number of likely N-dealkylation sites (tertiary alicyclic amines) is 2. The maximum Gasteiger partial charge on any atom is 0.410 e. The molecular formula is C33H48F2N6O6. The first kappa shape index (κ1) is 34.8. The minimum atomic E-state index is -2.94. The van der Waals surface area contributed by atoms with E-state index in [1.807, 2.05) is 9.47 Å². The van der Waals surface area contributed by atoms with Gasteiger partial charge in [-0.1, -0.05) is 27.7 Å². The standard InChI is InChI=1S/C33H48F2N6O6/c1-19(2)28(42)45-24-21(14-23(25(24)46-29(43)20(3)4)41-11-8-22-26(36)37-18-38-27(22)41)15-40-17-33(34,35)16-32(40)9-12-39(13-10-32)30(44)47-31(5,6)7/h8,11,18-21,23-25H,9-10,12-17H2,1-7H3,(H2,36,37,38)/t21-,23-,24-,25+/m1/s1. The smallest absolute Gasteiger partial charge is 0.410 e. The number of anilines is 1. The number of carbonyl (C=O) groups excluding carboxylic acids is 3. The molecule has 3 aliphatic rings. The van der Waals surface area contributed by atoms with E-state index in [-0.39, 0.29) is 26.1 Å². The molecule has 1 aliphatic carbocycles. The summed E-state index contributed by atoms with van der Waals surface area (Å²) in [6.07, 6.45) is 1.60. The Morgan fingerprint density at radius 1 is 1.02 bits per heavy atom. The molecule has 2 N–H and O–H groups in total. The van der Waals surface area contributed by atoms with E-state index in [2.05, 4.69) is 9.97 Å². The molecule has 0 aromatic carbocycles. The molecule has 4 atom stereocenters. The molecule has 3 fully saturated rings. The van der Waals surface area contributed by atoms with Crippen LogP contribution in [0.4, 0.5) is 19.4 Å². The van der Waals surface area contributed by atoms with Gasteiger partial charge in [0, 0.05) is 43.7 Å². The molecule has 2 aromatic rings. The Hall–Kier alpha value is -3.55. The lowest BCUT2D eigenvalue weighted by Crippen LogP contribution is -2.55. The van der Waals surface area contributed by atoms with Crippen molar-refractivity contribution in [3.63, 3.8) is 0 Å². The Labute approximate surface area is 274 Å². The molecule has 0 radical (unpaired) electrons. The fourth-order valence-corrected chi connectivity index (χ4v) is 7.19. The number of hydrogen-bond acceptors (Lipinski definition) is 10. The number of halogens is 2. The summed E-state index contributed by atoms with van der Waals surface area (Å²) in [5, 5.41) is 0.621. The summed E-state index contributed by atoms with van der Waals surface area (Å²) >= 11 is 0. The number of ether oxygens (including phenoxy) is 3. The number of fused-ring (bicyclic) bond motifs is 1. The molecular weight excluding hydrogens is 614 g/mol. The minimum absolute atomic E-state index is 0.181. The monoisotopic (exact) mass is 662 g/mol. The van der Waals surface area contributed by atoms with Crippen LogP contribution in [-0.2, 0) is 23.8 Å². The molecule has 2 aliphatic heterocycles. The highest BCUT2D eigenvalue weighted by Crippen LogP contribution is 2.49. The predicted molar refractivity (Wildman–Crippen MR) is 169 cm³/mol. The normalized spacial score (nSPS) is 26.0. The van der Waals surface area contributed by atoms with Gasteiger partial charge in [0.2, 0.25) is 0 Å². The number of nitrogen functional groups attached to an aromatic ring is 1. The van der Waals surface area contributed by atoms with Crippen LogP contribution in [0, 0.1) is 17.8 Å². The molecule has 2 saturated heterocycles. The first-order chi connectivity index (χ1) is 21.9. The summed E-state index contributed by atoms with van der Waals surface area (Å²) in [5.41, 5.74) is 5.12. The molecule has 0 unspecified atom stereocenters. The third-order valence-corrected chi connectivity index (χ3v) is 9.54. The Balaban J connectivity index is 1.47. The van der Waals surface area contributed by atoms with Gasteiger partial charge in [0.05, 0.1) is 29.8 Å². The third kappa shape index (κ3) is 7.31. The van der Waals surface area contributed by atoms with Crippen molar-refractivity contribution in [1.82, 2.24) is 24.3 Å². The Morgan fingerprint density at radius 2 is 1.64 bits per heavy atom. The van der Waals surface area contributed by atoms with Gasteiger partial charge in [-0.15, -0.1) is 0 Å². The number of alkyl halides is 2. The quantitative estimate of drug-likeness (QED) is 0.324. The highest BCUT2D eigenvalue weighted by atomic mass is 19.3. The lowest BCUT2D eigenvalue weighted by Gasteiger charge is -2.45. The predicted octanol–water partition coefficient (Wildman–Crippen LogP) is 4.82. The molecule has 4 heterocycles. The van der Waals surface area contributed by atoms with E-state index in [9.17, 15) is 14.4 Å². The maximum absolute atomic E-state index is 15.3. The maximum atomic E-state index is 15.3. The van der Waals surface area contributed by atoms with E-state index in [0.29, 0.717) is 36.1 Å². The van der Waals surface area contributed by atoms with Crippen molar-refractivity contribution in [1.29, 1.82) is 0 Å². The van der Waals surface area contributed by atoms with Crippen molar-refractivity contribution >= 4 is 34.9 Å². The number of hydrogen-bond donors (Lipinski definition) is 1. The van der Waals surface area contributed by atoms with Crippen LogP contribution < -0.4 is 5.73 Å². The van der Waals surface area contributed by atoms with Crippen LogP contribution in [0.2, 0.25) is 0 Å². The van der Waals surface area contributed by atoms with Crippen molar-refractivity contribution in [3.8, 4) is 0 Å². The molecule has 5 rings (SSSR count). The van der Waals surface area contributed by atoms with Crippen LogP contribution in [0.15, 0.2) is 18.6 Å². The largest absolute Gasteiger partial charge is 0.458 e. The molecule has 0 bridgehead atoms. The first-order valence-electron chi connectivity index (χ1n) is 16.5. The average molecular weight is 663 g/mol. The minimum Gasteiger partial charge on any atom is -0.458 e. The lowest BCUT2D eigenvalue weighted by atomic mass is 9.83. The number of carbonyl (C=O) groups is 3. The van der Waals surface area contributed by atoms with Crippen LogP contribution >= 0.6 is 0 Å². The zero-order valence-corrected chi connectivity index (χ0v) is 28.4. The molecule has 260 valence electrons. The zero-order chi connectivity index (χ0) is 34.5. The van der Waals surface area contributed by atoms with Gasteiger partial charge >= 0.3 is 18.0 Å². The zero-order valence-electron chi connectivity index (χ0n) is 28.4. The van der Waals surface area contributed by atoms with Gasteiger partial charge in [-0.05, 0) is 46.1 Å². The lowest BCUT2D eigenvalue weighted by molar-refractivity contribution is -0.174. The summed E-state index contributed by atoms with van der Waals surface area (Å²) in [6, 6.07) is 1.26. The number of rotatable bonds is 7. The van der Waals surface area contributed by atoms with Crippen LogP contribution in [0.25, 0.3) is 11.0 Å². The fourth-order valence-electron chi connectivity index (χ4n) is 7.19. The van der Waals surface area contributed by atoms with Gasteiger partial charge < -0.3 is 29.4 Å². The van der Waals surface area contributed by atoms with Crippen molar-refractivity contribution in [3.05, 3.63) is 18.6 Å². The number of aromatic nitrogens is 3. The Morgan fingerprint density at radius 3 is 2.23 bits per heavy atom. The average Bonchev–Trinajstić information content (AvgIpc) is 3.60. The van der Waals surface area contributed by atoms with E-state index < -0.39 is 77.6 Å². The highest BCUT2D eigenvalue weighted by Gasteiger charge is 2.58. The topological polar surface area (TPSA) is 142 Å². The van der Waals surface area contributed by atoms with Gasteiger partial charge in [0.25, 0.3) is 5.92 Å². The van der Waals surface area contributed by atoms with Crippen molar-refractivity contribution in [2.45, 2.75) is 109 Å². The Kier molecular flexibility index (Phi) is 9.48. The molecule has 1 spiro atoms. The van der Waals surface area contributed by atoms with E-state index in [1.165, 1.54) is 6.33 Å².